The maximum Gasteiger partial charge on any atom is 0.247 e. The fourth-order valence-electron chi connectivity index (χ4n) is 1.42. The second kappa shape index (κ2) is 7.63. The minimum atomic E-state index is 0.0925. The molecule has 108 valence electrons. The maximum atomic E-state index is 5.91. The van der Waals surface area contributed by atoms with Crippen molar-refractivity contribution in [1.29, 1.82) is 0 Å². The first-order chi connectivity index (χ1) is 9.12. The molecule has 1 heterocycles. The van der Waals surface area contributed by atoms with Gasteiger partial charge in [0.2, 0.25) is 17.7 Å². The SMILES string of the molecule is CCCOc1nc(N)nc(OCN(CC)CC)c1N. The van der Waals surface area contributed by atoms with Crippen molar-refractivity contribution in [3.8, 4) is 11.8 Å². The van der Waals surface area contributed by atoms with Gasteiger partial charge in [-0.25, -0.2) is 0 Å². The molecular weight excluding hydrogens is 246 g/mol. The Morgan fingerprint density at radius 2 is 1.58 bits per heavy atom. The zero-order valence-electron chi connectivity index (χ0n) is 11.8. The monoisotopic (exact) mass is 269 g/mol. The van der Waals surface area contributed by atoms with Crippen molar-refractivity contribution in [1.82, 2.24) is 14.9 Å². The van der Waals surface area contributed by atoms with Crippen molar-refractivity contribution in [2.75, 3.05) is 37.9 Å². The van der Waals surface area contributed by atoms with E-state index in [0.717, 1.165) is 19.5 Å². The molecule has 1 rings (SSSR count). The van der Waals surface area contributed by atoms with Gasteiger partial charge in [0, 0.05) is 0 Å². The van der Waals surface area contributed by atoms with Crippen LogP contribution in [0.1, 0.15) is 27.2 Å². The van der Waals surface area contributed by atoms with Crippen molar-refractivity contribution in [3.63, 3.8) is 0 Å². The Morgan fingerprint density at radius 3 is 2.11 bits per heavy atom. The molecule has 0 fully saturated rings. The van der Waals surface area contributed by atoms with Gasteiger partial charge in [0.25, 0.3) is 0 Å². The molecule has 0 saturated carbocycles. The van der Waals surface area contributed by atoms with Gasteiger partial charge in [-0.05, 0) is 19.5 Å². The first kappa shape index (κ1) is 15.3. The van der Waals surface area contributed by atoms with Crippen LogP contribution in [-0.2, 0) is 0 Å². The van der Waals surface area contributed by atoms with E-state index in [1.807, 2.05) is 6.92 Å². The normalized spacial score (nSPS) is 10.7. The van der Waals surface area contributed by atoms with Crippen LogP contribution in [0.4, 0.5) is 11.6 Å². The number of ether oxygens (including phenoxy) is 2. The molecule has 0 aliphatic carbocycles. The Bertz CT molecular complexity index is 396. The summed E-state index contributed by atoms with van der Waals surface area (Å²) in [6.07, 6.45) is 0.860. The minimum Gasteiger partial charge on any atom is -0.476 e. The summed E-state index contributed by atoms with van der Waals surface area (Å²) in [5.41, 5.74) is 11.8. The highest BCUT2D eigenvalue weighted by Crippen LogP contribution is 2.28. The molecule has 4 N–H and O–H groups in total. The van der Waals surface area contributed by atoms with Crippen LogP contribution in [0.15, 0.2) is 0 Å². The fourth-order valence-corrected chi connectivity index (χ4v) is 1.42. The van der Waals surface area contributed by atoms with Gasteiger partial charge in [0.15, 0.2) is 5.69 Å². The van der Waals surface area contributed by atoms with Crippen molar-refractivity contribution in [2.24, 2.45) is 0 Å². The van der Waals surface area contributed by atoms with Gasteiger partial charge in [-0.1, -0.05) is 20.8 Å². The molecule has 0 bridgehead atoms. The molecule has 0 saturated heterocycles. The number of nitrogens with zero attached hydrogens (tertiary/aromatic N) is 3. The molecule has 0 amide bonds. The molecule has 0 unspecified atom stereocenters. The summed E-state index contributed by atoms with van der Waals surface area (Å²) < 4.78 is 11.0. The van der Waals surface area contributed by atoms with Crippen LogP contribution in [-0.4, -0.2) is 41.3 Å². The number of nitrogens with two attached hydrogens (primary N) is 2. The third-order valence-corrected chi connectivity index (χ3v) is 2.61. The van der Waals surface area contributed by atoms with Gasteiger partial charge in [-0.2, -0.15) is 9.97 Å². The fraction of sp³-hybridized carbons (Fsp3) is 0.667. The molecule has 0 aliphatic heterocycles. The third kappa shape index (κ3) is 4.44. The van der Waals surface area contributed by atoms with Gasteiger partial charge >= 0.3 is 0 Å². The Morgan fingerprint density at radius 1 is 1.00 bits per heavy atom. The van der Waals surface area contributed by atoms with E-state index in [1.165, 1.54) is 0 Å². The van der Waals surface area contributed by atoms with Crippen molar-refractivity contribution in [2.45, 2.75) is 27.2 Å². The average Bonchev–Trinajstić information content (AvgIpc) is 2.41. The highest BCUT2D eigenvalue weighted by molar-refractivity contribution is 5.58. The summed E-state index contributed by atoms with van der Waals surface area (Å²) in [6.45, 7) is 8.81. The van der Waals surface area contributed by atoms with Crippen LogP contribution in [0, 0.1) is 0 Å². The van der Waals surface area contributed by atoms with E-state index in [1.54, 1.807) is 0 Å². The third-order valence-electron chi connectivity index (χ3n) is 2.61. The van der Waals surface area contributed by atoms with Crippen LogP contribution < -0.4 is 20.9 Å². The predicted molar refractivity (Wildman–Crippen MR) is 75.1 cm³/mol. The zero-order chi connectivity index (χ0) is 14.3. The summed E-state index contributed by atoms with van der Waals surface area (Å²) in [5.74, 6) is 0.643. The van der Waals surface area contributed by atoms with Crippen molar-refractivity contribution in [3.05, 3.63) is 0 Å². The Labute approximate surface area is 113 Å². The lowest BCUT2D eigenvalue weighted by molar-refractivity contribution is 0.133. The Kier molecular flexibility index (Phi) is 6.14. The molecule has 0 radical (unpaired) electrons. The Balaban J connectivity index is 2.79. The molecule has 19 heavy (non-hydrogen) atoms. The molecule has 1 aromatic rings. The second-order valence-electron chi connectivity index (χ2n) is 4.03. The lowest BCUT2D eigenvalue weighted by Gasteiger charge is -2.19. The van der Waals surface area contributed by atoms with E-state index < -0.39 is 0 Å². The largest absolute Gasteiger partial charge is 0.476 e. The van der Waals surface area contributed by atoms with E-state index in [9.17, 15) is 0 Å². The summed E-state index contributed by atoms with van der Waals surface area (Å²) in [4.78, 5) is 10.0. The van der Waals surface area contributed by atoms with Crippen LogP contribution in [0.2, 0.25) is 0 Å². The number of hydrogen-bond acceptors (Lipinski definition) is 7. The topological polar surface area (TPSA) is 99.5 Å². The van der Waals surface area contributed by atoms with Crippen LogP contribution in [0.3, 0.4) is 0 Å². The first-order valence-electron chi connectivity index (χ1n) is 6.53. The molecule has 0 atom stereocenters. The van der Waals surface area contributed by atoms with Crippen LogP contribution in [0.5, 0.6) is 11.8 Å². The number of hydrogen-bond donors (Lipinski definition) is 2. The van der Waals surface area contributed by atoms with Crippen LogP contribution >= 0.6 is 0 Å². The molecule has 0 aromatic carbocycles. The zero-order valence-corrected chi connectivity index (χ0v) is 11.8. The minimum absolute atomic E-state index is 0.0925. The van der Waals surface area contributed by atoms with Gasteiger partial charge in [-0.15, -0.1) is 0 Å². The van der Waals surface area contributed by atoms with Crippen molar-refractivity contribution < 1.29 is 9.47 Å². The van der Waals surface area contributed by atoms with E-state index >= 15 is 0 Å². The van der Waals surface area contributed by atoms with Gasteiger partial charge in [0.05, 0.1) is 6.61 Å². The van der Waals surface area contributed by atoms with E-state index in [2.05, 4.69) is 28.7 Å². The van der Waals surface area contributed by atoms with E-state index in [4.69, 9.17) is 20.9 Å². The number of rotatable bonds is 8. The maximum absolute atomic E-state index is 5.91. The number of aromatic nitrogens is 2. The number of nitrogen functional groups attached to an aromatic ring is 2. The van der Waals surface area contributed by atoms with Gasteiger partial charge in [-0.3, -0.25) is 4.90 Å². The van der Waals surface area contributed by atoms with E-state index in [-0.39, 0.29) is 23.4 Å². The molecule has 0 spiro atoms. The molecule has 0 aliphatic rings. The predicted octanol–water partition coefficient (Wildman–Crippen LogP) is 1.11. The first-order valence-corrected chi connectivity index (χ1v) is 6.53. The lowest BCUT2D eigenvalue weighted by Crippen LogP contribution is -2.28. The standard InChI is InChI=1S/C12H23N5O2/c1-4-7-18-10-9(13)11(16-12(14)15-10)19-8-17(5-2)6-3/h4-8,13H2,1-3H3,(H2,14,15,16). The summed E-state index contributed by atoms with van der Waals surface area (Å²) in [5, 5.41) is 0. The van der Waals surface area contributed by atoms with Gasteiger partial charge in [0.1, 0.15) is 6.73 Å². The summed E-state index contributed by atoms with van der Waals surface area (Å²) >= 11 is 0. The second-order valence-corrected chi connectivity index (χ2v) is 4.03. The molecule has 1 aromatic heterocycles. The van der Waals surface area contributed by atoms with Crippen LogP contribution in [0.25, 0.3) is 0 Å². The highest BCUT2D eigenvalue weighted by Gasteiger charge is 2.14. The van der Waals surface area contributed by atoms with E-state index in [0.29, 0.717) is 13.3 Å². The summed E-state index contributed by atoms with van der Waals surface area (Å²) in [6, 6.07) is 0. The highest BCUT2D eigenvalue weighted by atomic mass is 16.5. The Hall–Kier alpha value is -1.76. The van der Waals surface area contributed by atoms with Gasteiger partial charge < -0.3 is 20.9 Å². The molecule has 7 heteroatoms. The smallest absolute Gasteiger partial charge is 0.247 e. The average molecular weight is 269 g/mol. The quantitative estimate of drug-likeness (QED) is 0.682. The molecule has 7 nitrogen and oxygen atoms in total. The number of anilines is 2. The lowest BCUT2D eigenvalue weighted by atomic mass is 10.4. The summed E-state index contributed by atoms with van der Waals surface area (Å²) in [7, 11) is 0. The van der Waals surface area contributed by atoms with Crippen molar-refractivity contribution >= 4 is 11.6 Å². The molecular formula is C12H23N5O2.